The molecule has 1 rings (SSSR count). The fourth-order valence-corrected chi connectivity index (χ4v) is 1.98. The summed E-state index contributed by atoms with van der Waals surface area (Å²) in [6, 6.07) is 1.02. The van der Waals surface area contributed by atoms with Crippen LogP contribution in [0.25, 0.3) is 0 Å². The van der Waals surface area contributed by atoms with Gasteiger partial charge in [-0.15, -0.1) is 0 Å². The van der Waals surface area contributed by atoms with Gasteiger partial charge in [-0.25, -0.2) is 0 Å². The molecule has 0 bridgehead atoms. The second-order valence-electron chi connectivity index (χ2n) is 3.97. The Kier molecular flexibility index (Phi) is 2.73. The van der Waals surface area contributed by atoms with Gasteiger partial charge in [0.1, 0.15) is 0 Å². The van der Waals surface area contributed by atoms with E-state index in [1.54, 1.807) is 0 Å². The molecular weight excluding hydrogens is 152 g/mol. The highest BCUT2D eigenvalue weighted by Crippen LogP contribution is 2.24. The first kappa shape index (κ1) is 9.52. The molecule has 1 aliphatic heterocycles. The van der Waals surface area contributed by atoms with E-state index >= 15 is 0 Å². The van der Waals surface area contributed by atoms with Crippen molar-refractivity contribution in [3.05, 3.63) is 0 Å². The molecule has 1 saturated heterocycles. The molecule has 70 valence electrons. The summed E-state index contributed by atoms with van der Waals surface area (Å²) in [7, 11) is 0. The number of hydrogen-bond acceptors (Lipinski definition) is 2. The van der Waals surface area contributed by atoms with E-state index < -0.39 is 0 Å². The summed E-state index contributed by atoms with van der Waals surface area (Å²) in [5.41, 5.74) is 5.26. The lowest BCUT2D eigenvalue weighted by Gasteiger charge is -2.25. The van der Waals surface area contributed by atoms with Gasteiger partial charge in [0, 0.05) is 18.6 Å². The molecule has 12 heavy (non-hydrogen) atoms. The van der Waals surface area contributed by atoms with Crippen molar-refractivity contribution >= 4 is 5.91 Å². The van der Waals surface area contributed by atoms with Crippen molar-refractivity contribution in [1.29, 1.82) is 0 Å². The molecular formula is C9H18N2O. The van der Waals surface area contributed by atoms with E-state index in [4.69, 9.17) is 5.73 Å². The molecule has 0 radical (unpaired) electrons. The molecule has 3 nitrogen and oxygen atoms in total. The van der Waals surface area contributed by atoms with Gasteiger partial charge in [-0.1, -0.05) is 0 Å². The second-order valence-corrected chi connectivity index (χ2v) is 3.97. The summed E-state index contributed by atoms with van der Waals surface area (Å²) >= 11 is 0. The van der Waals surface area contributed by atoms with E-state index in [0.29, 0.717) is 12.1 Å². The van der Waals surface area contributed by atoms with Crippen molar-refractivity contribution in [2.45, 2.75) is 39.3 Å². The lowest BCUT2D eigenvalue weighted by Crippen LogP contribution is -2.34. The molecule has 1 heterocycles. The monoisotopic (exact) mass is 170 g/mol. The smallest absolute Gasteiger partial charge is 0.221 e. The zero-order valence-corrected chi connectivity index (χ0v) is 8.08. The van der Waals surface area contributed by atoms with Gasteiger partial charge in [0.15, 0.2) is 0 Å². The molecule has 2 atom stereocenters. The van der Waals surface area contributed by atoms with E-state index in [2.05, 4.69) is 25.7 Å². The van der Waals surface area contributed by atoms with Gasteiger partial charge in [0.25, 0.3) is 0 Å². The van der Waals surface area contributed by atoms with Gasteiger partial charge in [0.05, 0.1) is 5.92 Å². The van der Waals surface area contributed by atoms with E-state index in [-0.39, 0.29) is 11.8 Å². The molecule has 1 aliphatic rings. The molecule has 2 unspecified atom stereocenters. The minimum atomic E-state index is -0.148. The molecule has 0 aromatic rings. The molecule has 1 fully saturated rings. The Morgan fingerprint density at radius 2 is 2.17 bits per heavy atom. The van der Waals surface area contributed by atoms with Crippen molar-refractivity contribution < 1.29 is 4.79 Å². The van der Waals surface area contributed by atoms with Gasteiger partial charge in [-0.05, 0) is 27.2 Å². The van der Waals surface area contributed by atoms with Crippen molar-refractivity contribution in [1.82, 2.24) is 4.90 Å². The van der Waals surface area contributed by atoms with Crippen molar-refractivity contribution in [3.8, 4) is 0 Å². The highest BCUT2D eigenvalue weighted by Gasteiger charge is 2.33. The predicted molar refractivity (Wildman–Crippen MR) is 48.6 cm³/mol. The van der Waals surface area contributed by atoms with Crippen molar-refractivity contribution in [2.75, 3.05) is 6.54 Å². The number of carbonyl (C=O) groups is 1. The zero-order valence-electron chi connectivity index (χ0n) is 8.08. The van der Waals surface area contributed by atoms with E-state index in [1.807, 2.05) is 0 Å². The molecule has 0 aromatic heterocycles. The lowest BCUT2D eigenvalue weighted by atomic mass is 10.1. The van der Waals surface area contributed by atoms with E-state index in [1.165, 1.54) is 0 Å². The maximum Gasteiger partial charge on any atom is 0.221 e. The summed E-state index contributed by atoms with van der Waals surface area (Å²) in [6.45, 7) is 7.30. The van der Waals surface area contributed by atoms with E-state index in [0.717, 1.165) is 13.0 Å². The molecule has 0 spiro atoms. The van der Waals surface area contributed by atoms with Gasteiger partial charge in [0.2, 0.25) is 5.91 Å². The number of rotatable bonds is 2. The Hall–Kier alpha value is -0.570. The zero-order chi connectivity index (χ0) is 9.30. The van der Waals surface area contributed by atoms with Crippen LogP contribution in [0.5, 0.6) is 0 Å². The maximum absolute atomic E-state index is 10.9. The Labute approximate surface area is 73.9 Å². The van der Waals surface area contributed by atoms with Crippen LogP contribution in [0.3, 0.4) is 0 Å². The summed E-state index contributed by atoms with van der Waals surface area (Å²) in [5, 5.41) is 0. The van der Waals surface area contributed by atoms with Crippen molar-refractivity contribution in [3.63, 3.8) is 0 Å². The normalized spacial score (nSPS) is 31.3. The lowest BCUT2D eigenvalue weighted by molar-refractivity contribution is -0.121. The Balaban J connectivity index is 2.56. The average molecular weight is 170 g/mol. The van der Waals surface area contributed by atoms with Crippen LogP contribution in [-0.2, 0) is 4.79 Å². The molecule has 1 amide bonds. The van der Waals surface area contributed by atoms with Crippen LogP contribution in [-0.4, -0.2) is 29.4 Å². The van der Waals surface area contributed by atoms with Crippen LogP contribution < -0.4 is 5.73 Å². The second kappa shape index (κ2) is 3.44. The highest BCUT2D eigenvalue weighted by atomic mass is 16.1. The van der Waals surface area contributed by atoms with Crippen LogP contribution in [0.2, 0.25) is 0 Å². The van der Waals surface area contributed by atoms with Crippen LogP contribution >= 0.6 is 0 Å². The minimum absolute atomic E-state index is 0.0717. The maximum atomic E-state index is 10.9. The number of primary amides is 1. The third kappa shape index (κ3) is 1.78. The largest absolute Gasteiger partial charge is 0.369 e. The third-order valence-corrected chi connectivity index (χ3v) is 2.69. The average Bonchev–Trinajstić information content (AvgIpc) is 2.30. The molecule has 0 aromatic carbocycles. The summed E-state index contributed by atoms with van der Waals surface area (Å²) in [6.07, 6.45) is 0.924. The quantitative estimate of drug-likeness (QED) is 0.659. The number of likely N-dealkylation sites (tertiary alicyclic amines) is 1. The van der Waals surface area contributed by atoms with Gasteiger partial charge in [-0.3, -0.25) is 9.69 Å². The summed E-state index contributed by atoms with van der Waals surface area (Å²) in [5.74, 6) is -0.0765. The van der Waals surface area contributed by atoms with Crippen LogP contribution in [0.4, 0.5) is 0 Å². The first-order chi connectivity index (χ1) is 5.52. The van der Waals surface area contributed by atoms with Gasteiger partial charge < -0.3 is 5.73 Å². The number of nitrogens with zero attached hydrogens (tertiary/aromatic N) is 1. The summed E-state index contributed by atoms with van der Waals surface area (Å²) < 4.78 is 0. The third-order valence-electron chi connectivity index (χ3n) is 2.69. The van der Waals surface area contributed by atoms with Gasteiger partial charge in [-0.2, -0.15) is 0 Å². The first-order valence-corrected chi connectivity index (χ1v) is 4.57. The number of hydrogen-bond donors (Lipinski definition) is 1. The molecule has 2 N–H and O–H groups in total. The van der Waals surface area contributed by atoms with E-state index in [9.17, 15) is 4.79 Å². The molecule has 0 aliphatic carbocycles. The number of nitrogens with two attached hydrogens (primary N) is 1. The Morgan fingerprint density at radius 1 is 1.58 bits per heavy atom. The van der Waals surface area contributed by atoms with Crippen LogP contribution in [0.1, 0.15) is 27.2 Å². The Bertz CT molecular complexity index is 179. The van der Waals surface area contributed by atoms with Gasteiger partial charge >= 0.3 is 0 Å². The fraction of sp³-hybridized carbons (Fsp3) is 0.889. The summed E-state index contributed by atoms with van der Waals surface area (Å²) in [4.78, 5) is 13.2. The SMILES string of the molecule is CC(C)N1CC(C(N)=O)CC1C. The van der Waals surface area contributed by atoms with Crippen LogP contribution in [0, 0.1) is 5.92 Å². The van der Waals surface area contributed by atoms with Crippen molar-refractivity contribution in [2.24, 2.45) is 11.7 Å². The van der Waals surface area contributed by atoms with Crippen LogP contribution in [0.15, 0.2) is 0 Å². The topological polar surface area (TPSA) is 46.3 Å². The standard InChI is InChI=1S/C9H18N2O/c1-6(2)11-5-8(9(10)12)4-7(11)3/h6-8H,4-5H2,1-3H3,(H2,10,12). The first-order valence-electron chi connectivity index (χ1n) is 4.57. The highest BCUT2D eigenvalue weighted by molar-refractivity contribution is 5.77. The Morgan fingerprint density at radius 3 is 2.42 bits per heavy atom. The number of amides is 1. The minimum Gasteiger partial charge on any atom is -0.369 e. The number of carbonyl (C=O) groups excluding carboxylic acids is 1. The fourth-order valence-electron chi connectivity index (χ4n) is 1.98. The predicted octanol–water partition coefficient (Wildman–Crippen LogP) is 0.591. The molecule has 3 heteroatoms. The molecule has 0 saturated carbocycles.